The summed E-state index contributed by atoms with van der Waals surface area (Å²) in [5.41, 5.74) is 4.69. The van der Waals surface area contributed by atoms with Crippen molar-refractivity contribution in [1.82, 2.24) is 9.88 Å². The van der Waals surface area contributed by atoms with Gasteiger partial charge in [-0.3, -0.25) is 4.98 Å². The first-order chi connectivity index (χ1) is 11.9. The highest BCUT2D eigenvalue weighted by molar-refractivity contribution is 7.80. The minimum absolute atomic E-state index is 0.166. The molecule has 1 atom stereocenters. The van der Waals surface area contributed by atoms with Gasteiger partial charge in [0.25, 0.3) is 0 Å². The van der Waals surface area contributed by atoms with Gasteiger partial charge in [-0.15, -0.1) is 0 Å². The fraction of sp³-hybridized carbons (Fsp3) is 0.400. The summed E-state index contributed by atoms with van der Waals surface area (Å²) in [5.74, 6) is 0. The molecule has 0 bridgehead atoms. The molecule has 1 unspecified atom stereocenters. The number of rotatable bonds is 6. The molecular formula is C20H29N4S+. The Morgan fingerprint density at radius 3 is 2.64 bits per heavy atom. The van der Waals surface area contributed by atoms with Crippen LogP contribution >= 0.6 is 12.2 Å². The van der Waals surface area contributed by atoms with E-state index in [9.17, 15) is 0 Å². The van der Waals surface area contributed by atoms with Crippen molar-refractivity contribution in [1.29, 1.82) is 0 Å². The first-order valence-corrected chi connectivity index (χ1v) is 9.13. The molecule has 1 aromatic heterocycles. The zero-order chi connectivity index (χ0) is 18.4. The van der Waals surface area contributed by atoms with E-state index in [4.69, 9.17) is 12.2 Å². The highest BCUT2D eigenvalue weighted by atomic mass is 32.1. The molecule has 0 saturated heterocycles. The van der Waals surface area contributed by atoms with Gasteiger partial charge < -0.3 is 15.1 Å². The van der Waals surface area contributed by atoms with Crippen molar-refractivity contribution in [2.45, 2.75) is 26.8 Å². The van der Waals surface area contributed by atoms with Crippen molar-refractivity contribution >= 4 is 23.0 Å². The van der Waals surface area contributed by atoms with Gasteiger partial charge in [0, 0.05) is 18.1 Å². The summed E-state index contributed by atoms with van der Waals surface area (Å²) in [6.07, 6.45) is 3.72. The third-order valence-corrected chi connectivity index (χ3v) is 4.71. The zero-order valence-corrected chi connectivity index (χ0v) is 16.7. The van der Waals surface area contributed by atoms with Crippen molar-refractivity contribution in [2.75, 3.05) is 32.5 Å². The van der Waals surface area contributed by atoms with E-state index in [1.54, 1.807) is 6.20 Å². The second kappa shape index (κ2) is 8.92. The molecule has 0 spiro atoms. The number of thiocarbonyl (C=S) groups is 1. The molecule has 0 aliphatic carbocycles. The molecule has 4 nitrogen and oxygen atoms in total. The van der Waals surface area contributed by atoms with E-state index in [0.717, 1.165) is 23.9 Å². The lowest BCUT2D eigenvalue weighted by molar-refractivity contribution is -0.857. The molecule has 0 aliphatic rings. The quantitative estimate of drug-likeness (QED) is 0.779. The van der Waals surface area contributed by atoms with Crippen LogP contribution in [0.5, 0.6) is 0 Å². The number of anilines is 1. The maximum Gasteiger partial charge on any atom is 0.174 e. The minimum Gasteiger partial charge on any atom is -0.338 e. The van der Waals surface area contributed by atoms with Crippen LogP contribution in [0.25, 0.3) is 0 Å². The van der Waals surface area contributed by atoms with Crippen LogP contribution in [0.1, 0.15) is 29.7 Å². The average Bonchev–Trinajstić information content (AvgIpc) is 2.58. The molecule has 0 saturated carbocycles. The van der Waals surface area contributed by atoms with Crippen LogP contribution in [0.15, 0.2) is 42.7 Å². The van der Waals surface area contributed by atoms with Gasteiger partial charge in [0.2, 0.25) is 0 Å². The molecule has 2 N–H and O–H groups in total. The Bertz CT molecular complexity index is 700. The van der Waals surface area contributed by atoms with Crippen LogP contribution in [0.4, 0.5) is 5.69 Å². The second-order valence-electron chi connectivity index (χ2n) is 6.86. The second-order valence-corrected chi connectivity index (χ2v) is 7.25. The lowest BCUT2D eigenvalue weighted by Gasteiger charge is -2.32. The Balaban J connectivity index is 2.20. The van der Waals surface area contributed by atoms with Gasteiger partial charge in [0.15, 0.2) is 5.11 Å². The smallest absolute Gasteiger partial charge is 0.174 e. The van der Waals surface area contributed by atoms with E-state index >= 15 is 0 Å². The van der Waals surface area contributed by atoms with Gasteiger partial charge in [-0.1, -0.05) is 23.8 Å². The number of hydrogen-bond donors (Lipinski definition) is 2. The summed E-state index contributed by atoms with van der Waals surface area (Å²) in [5, 5.41) is 4.19. The average molecular weight is 358 g/mol. The molecule has 2 aromatic rings. The van der Waals surface area contributed by atoms with Crippen molar-refractivity contribution in [3.63, 3.8) is 0 Å². The lowest BCUT2D eigenvalue weighted by Crippen LogP contribution is -3.06. The van der Waals surface area contributed by atoms with Crippen LogP contribution in [0, 0.1) is 13.8 Å². The van der Waals surface area contributed by atoms with Crippen LogP contribution < -0.4 is 10.2 Å². The van der Waals surface area contributed by atoms with Crippen molar-refractivity contribution in [3.8, 4) is 0 Å². The number of benzene rings is 1. The monoisotopic (exact) mass is 357 g/mol. The van der Waals surface area contributed by atoms with Gasteiger partial charge in [-0.25, -0.2) is 0 Å². The van der Waals surface area contributed by atoms with Crippen LogP contribution in [-0.2, 0) is 0 Å². The Morgan fingerprint density at radius 2 is 2.04 bits per heavy atom. The number of hydrogen-bond acceptors (Lipinski definition) is 2. The number of pyridine rings is 1. The fourth-order valence-electron chi connectivity index (χ4n) is 2.76. The van der Waals surface area contributed by atoms with Gasteiger partial charge in [-0.05, 0) is 56.2 Å². The Hall–Kier alpha value is -1.98. The van der Waals surface area contributed by atoms with E-state index in [-0.39, 0.29) is 6.04 Å². The Labute approximate surface area is 156 Å². The van der Waals surface area contributed by atoms with E-state index in [1.807, 2.05) is 12.3 Å². The normalized spacial score (nSPS) is 12.1. The molecule has 1 heterocycles. The molecule has 134 valence electrons. The predicted molar refractivity (Wildman–Crippen MR) is 109 cm³/mol. The largest absolute Gasteiger partial charge is 0.338 e. The number of aryl methyl sites for hydroxylation is 2. The predicted octanol–water partition coefficient (Wildman–Crippen LogP) is 2.60. The molecule has 0 radical (unpaired) electrons. The zero-order valence-electron chi connectivity index (χ0n) is 15.8. The minimum atomic E-state index is 0.166. The van der Waals surface area contributed by atoms with Crippen LogP contribution in [0.3, 0.4) is 0 Å². The number of likely N-dealkylation sites (N-methyl/N-ethyl adjacent to an activating group) is 1. The van der Waals surface area contributed by atoms with E-state index < -0.39 is 0 Å². The fourth-order valence-corrected chi connectivity index (χ4v) is 3.12. The maximum atomic E-state index is 5.76. The number of quaternary nitrogens is 1. The summed E-state index contributed by atoms with van der Waals surface area (Å²) in [6, 6.07) is 10.6. The lowest BCUT2D eigenvalue weighted by atomic mass is 10.1. The van der Waals surface area contributed by atoms with E-state index in [2.05, 4.69) is 74.3 Å². The SMILES string of the molecule is Cc1ccc(NC(=S)N(CC[NH+](C)C)C(C)c2cccnc2)c(C)c1. The maximum absolute atomic E-state index is 5.76. The van der Waals surface area contributed by atoms with Crippen molar-refractivity contribution in [2.24, 2.45) is 0 Å². The first kappa shape index (κ1) is 19.3. The first-order valence-electron chi connectivity index (χ1n) is 8.72. The number of aromatic nitrogens is 1. The molecule has 1 aromatic carbocycles. The summed E-state index contributed by atoms with van der Waals surface area (Å²) in [4.78, 5) is 7.90. The Kier molecular flexibility index (Phi) is 6.91. The molecular weight excluding hydrogens is 328 g/mol. The number of nitrogens with one attached hydrogen (secondary N) is 2. The van der Waals surface area contributed by atoms with Crippen LogP contribution in [0.2, 0.25) is 0 Å². The molecule has 0 aliphatic heterocycles. The summed E-state index contributed by atoms with van der Waals surface area (Å²) >= 11 is 5.76. The molecule has 0 fully saturated rings. The summed E-state index contributed by atoms with van der Waals surface area (Å²) < 4.78 is 0. The third-order valence-electron chi connectivity index (χ3n) is 4.37. The van der Waals surface area contributed by atoms with Gasteiger partial charge in [0.1, 0.15) is 0 Å². The standard InChI is InChI=1S/C20H28N4S/c1-15-8-9-19(16(2)13-15)22-20(25)24(12-11-23(4)5)17(3)18-7-6-10-21-14-18/h6-10,13-14,17H,11-12H2,1-5H3,(H,22,25)/p+1. The van der Waals surface area contributed by atoms with Gasteiger partial charge in [0.05, 0.1) is 33.2 Å². The summed E-state index contributed by atoms with van der Waals surface area (Å²) in [6.45, 7) is 8.29. The molecule has 25 heavy (non-hydrogen) atoms. The van der Waals surface area contributed by atoms with E-state index in [1.165, 1.54) is 21.6 Å². The highest BCUT2D eigenvalue weighted by Gasteiger charge is 2.20. The Morgan fingerprint density at radius 1 is 1.28 bits per heavy atom. The summed E-state index contributed by atoms with van der Waals surface area (Å²) in [7, 11) is 4.32. The topological polar surface area (TPSA) is 32.6 Å². The van der Waals surface area contributed by atoms with E-state index in [0.29, 0.717) is 0 Å². The highest BCUT2D eigenvalue weighted by Crippen LogP contribution is 2.22. The molecule has 5 heteroatoms. The third kappa shape index (κ3) is 5.51. The van der Waals surface area contributed by atoms with Gasteiger partial charge in [-0.2, -0.15) is 0 Å². The van der Waals surface area contributed by atoms with Gasteiger partial charge >= 0.3 is 0 Å². The van der Waals surface area contributed by atoms with Crippen LogP contribution in [-0.4, -0.2) is 42.2 Å². The van der Waals surface area contributed by atoms with Crippen molar-refractivity contribution in [3.05, 3.63) is 59.4 Å². The van der Waals surface area contributed by atoms with Crippen molar-refractivity contribution < 1.29 is 4.90 Å². The molecule has 2 rings (SSSR count). The molecule has 0 amide bonds. The number of nitrogens with zero attached hydrogens (tertiary/aromatic N) is 2.